The highest BCUT2D eigenvalue weighted by atomic mass is 16.4. The van der Waals surface area contributed by atoms with E-state index in [2.05, 4.69) is 55.4 Å². The SMILES string of the molecule is CCC.CCC.CCC.CCC.O=C(O)CN1CCCN(CC(=O)O)CCN(CC(=O)O)CCCN(CC(=O)O)CC1. The maximum absolute atomic E-state index is 11.1. The molecular formula is C30H64N4O8. The van der Waals surface area contributed by atoms with E-state index >= 15 is 0 Å². The maximum atomic E-state index is 11.1. The van der Waals surface area contributed by atoms with Gasteiger partial charge in [0, 0.05) is 52.4 Å². The van der Waals surface area contributed by atoms with Crippen molar-refractivity contribution in [2.75, 3.05) is 78.5 Å². The van der Waals surface area contributed by atoms with Crippen LogP contribution in [-0.2, 0) is 19.2 Å². The van der Waals surface area contributed by atoms with Gasteiger partial charge in [-0.2, -0.15) is 0 Å². The third-order valence-electron chi connectivity index (χ3n) is 4.80. The van der Waals surface area contributed by atoms with Gasteiger partial charge < -0.3 is 20.4 Å². The largest absolute Gasteiger partial charge is 0.480 e. The quantitative estimate of drug-likeness (QED) is 0.314. The Morgan fingerprint density at radius 2 is 0.524 bits per heavy atom. The zero-order valence-corrected chi connectivity index (χ0v) is 27.9. The second kappa shape index (κ2) is 34.9. The summed E-state index contributed by atoms with van der Waals surface area (Å²) in [6.07, 6.45) is 6.08. The summed E-state index contributed by atoms with van der Waals surface area (Å²) in [5, 5.41) is 36.5. The highest BCUT2D eigenvalue weighted by Crippen LogP contribution is 2.03. The Kier molecular flexibility index (Phi) is 38.8. The van der Waals surface area contributed by atoms with Gasteiger partial charge in [-0.15, -0.1) is 0 Å². The second-order valence-corrected chi connectivity index (χ2v) is 10.2. The lowest BCUT2D eigenvalue weighted by Gasteiger charge is -2.30. The van der Waals surface area contributed by atoms with Crippen molar-refractivity contribution in [1.29, 1.82) is 0 Å². The van der Waals surface area contributed by atoms with E-state index in [9.17, 15) is 19.2 Å². The smallest absolute Gasteiger partial charge is 0.317 e. The third kappa shape index (κ3) is 39.9. The molecule has 1 aliphatic rings. The molecule has 0 aromatic heterocycles. The first-order chi connectivity index (χ1) is 19.8. The molecule has 0 unspecified atom stereocenters. The van der Waals surface area contributed by atoms with Gasteiger partial charge in [0.05, 0.1) is 26.2 Å². The van der Waals surface area contributed by atoms with Crippen LogP contribution >= 0.6 is 0 Å². The molecule has 1 rings (SSSR count). The molecule has 1 heterocycles. The number of hydrogen-bond acceptors (Lipinski definition) is 8. The molecule has 0 radical (unpaired) electrons. The number of rotatable bonds is 8. The summed E-state index contributed by atoms with van der Waals surface area (Å²) in [5.41, 5.74) is 0. The Hall–Kier alpha value is -2.28. The van der Waals surface area contributed by atoms with Crippen molar-refractivity contribution >= 4 is 23.9 Å². The molecule has 12 nitrogen and oxygen atoms in total. The van der Waals surface area contributed by atoms with Crippen molar-refractivity contribution in [3.05, 3.63) is 0 Å². The van der Waals surface area contributed by atoms with E-state index < -0.39 is 23.9 Å². The third-order valence-corrected chi connectivity index (χ3v) is 4.80. The minimum Gasteiger partial charge on any atom is -0.480 e. The highest BCUT2D eigenvalue weighted by molar-refractivity contribution is 5.70. The lowest BCUT2D eigenvalue weighted by molar-refractivity contribution is -0.140. The van der Waals surface area contributed by atoms with Crippen LogP contribution in [0.1, 0.15) is 93.9 Å². The number of aliphatic carboxylic acids is 4. The Bertz CT molecular complexity index is 547. The molecule has 0 amide bonds. The van der Waals surface area contributed by atoms with Crippen LogP contribution < -0.4 is 0 Å². The predicted molar refractivity (Wildman–Crippen MR) is 169 cm³/mol. The molecule has 1 saturated heterocycles. The molecular weight excluding hydrogens is 544 g/mol. The van der Waals surface area contributed by atoms with E-state index in [-0.39, 0.29) is 26.2 Å². The Morgan fingerprint density at radius 1 is 0.381 bits per heavy atom. The fourth-order valence-electron chi connectivity index (χ4n) is 3.45. The normalized spacial score (nSPS) is 15.8. The molecule has 0 aromatic carbocycles. The van der Waals surface area contributed by atoms with Crippen LogP contribution in [0.3, 0.4) is 0 Å². The Morgan fingerprint density at radius 3 is 0.643 bits per heavy atom. The van der Waals surface area contributed by atoms with Crippen LogP contribution in [-0.4, -0.2) is 142 Å². The van der Waals surface area contributed by atoms with Crippen LogP contribution in [0, 0.1) is 0 Å². The van der Waals surface area contributed by atoms with E-state index in [1.165, 1.54) is 25.7 Å². The van der Waals surface area contributed by atoms with Gasteiger partial charge in [0.25, 0.3) is 0 Å². The molecule has 42 heavy (non-hydrogen) atoms. The van der Waals surface area contributed by atoms with Gasteiger partial charge in [-0.3, -0.25) is 38.8 Å². The lowest BCUT2D eigenvalue weighted by Crippen LogP contribution is -2.44. The van der Waals surface area contributed by atoms with Gasteiger partial charge >= 0.3 is 23.9 Å². The fraction of sp³-hybridized carbons (Fsp3) is 0.867. The number of hydrogen-bond donors (Lipinski definition) is 4. The van der Waals surface area contributed by atoms with Crippen LogP contribution in [0.25, 0.3) is 0 Å². The van der Waals surface area contributed by atoms with Gasteiger partial charge in [-0.05, 0) is 12.8 Å². The summed E-state index contributed by atoms with van der Waals surface area (Å²) in [6, 6.07) is 0. The molecule has 0 aliphatic carbocycles. The number of carboxylic acids is 4. The number of carboxylic acid groups (broad SMARTS) is 4. The summed E-state index contributed by atoms with van der Waals surface area (Å²) in [5.74, 6) is -3.92. The molecule has 0 atom stereocenters. The summed E-state index contributed by atoms with van der Waals surface area (Å²) in [4.78, 5) is 51.5. The highest BCUT2D eigenvalue weighted by Gasteiger charge is 2.19. The average Bonchev–Trinajstić information content (AvgIpc) is 2.85. The van der Waals surface area contributed by atoms with Crippen molar-refractivity contribution in [1.82, 2.24) is 19.6 Å². The monoisotopic (exact) mass is 608 g/mol. The zero-order chi connectivity index (χ0) is 33.3. The van der Waals surface area contributed by atoms with Crippen molar-refractivity contribution in [3.63, 3.8) is 0 Å². The van der Waals surface area contributed by atoms with Crippen molar-refractivity contribution in [2.45, 2.75) is 93.9 Å². The Labute approximate surface area is 255 Å². The number of carbonyl (C=O) groups is 4. The first-order valence-electron chi connectivity index (χ1n) is 15.6. The fourth-order valence-corrected chi connectivity index (χ4v) is 3.45. The second-order valence-electron chi connectivity index (χ2n) is 10.2. The van der Waals surface area contributed by atoms with Crippen LogP contribution in [0.4, 0.5) is 0 Å². The Balaban J connectivity index is -0.000000514. The van der Waals surface area contributed by atoms with Gasteiger partial charge in [-0.1, -0.05) is 81.1 Å². The minimum absolute atomic E-state index is 0.174. The molecule has 4 N–H and O–H groups in total. The predicted octanol–water partition coefficient (Wildman–Crippen LogP) is 3.99. The molecule has 1 fully saturated rings. The molecule has 252 valence electrons. The maximum Gasteiger partial charge on any atom is 0.317 e. The molecule has 1 aliphatic heterocycles. The molecule has 12 heteroatoms. The van der Waals surface area contributed by atoms with Gasteiger partial charge in [0.1, 0.15) is 0 Å². The topological polar surface area (TPSA) is 162 Å². The van der Waals surface area contributed by atoms with E-state index in [0.717, 1.165) is 0 Å². The van der Waals surface area contributed by atoms with Crippen molar-refractivity contribution in [3.8, 4) is 0 Å². The first-order valence-corrected chi connectivity index (χ1v) is 15.6. The summed E-state index contributed by atoms with van der Waals surface area (Å²) >= 11 is 0. The first kappa shape index (κ1) is 46.7. The van der Waals surface area contributed by atoms with Crippen molar-refractivity contribution < 1.29 is 39.6 Å². The standard InChI is InChI=1S/C18H32N4O8.4C3H8/c23-15(24)11-19-3-1-4-20(12-16(25)26)8-10-22(14-18(29)30)6-2-5-21(9-7-19)13-17(27)28;4*1-3-2/h1-14H2,(H,23,24)(H,25,26)(H,27,28)(H,29,30);4*3H2,1-2H3. The molecule has 0 spiro atoms. The minimum atomic E-state index is -0.979. The molecule has 0 bridgehead atoms. The van der Waals surface area contributed by atoms with E-state index in [4.69, 9.17) is 20.4 Å². The average molecular weight is 609 g/mol. The van der Waals surface area contributed by atoms with Crippen LogP contribution in [0.5, 0.6) is 0 Å². The summed E-state index contributed by atoms with van der Waals surface area (Å²) in [6.45, 7) is 19.5. The van der Waals surface area contributed by atoms with Crippen molar-refractivity contribution in [2.24, 2.45) is 0 Å². The molecule has 0 saturated carbocycles. The zero-order valence-electron chi connectivity index (χ0n) is 27.9. The number of nitrogens with zero attached hydrogens (tertiary/aromatic N) is 4. The van der Waals surface area contributed by atoms with E-state index in [0.29, 0.717) is 65.2 Å². The van der Waals surface area contributed by atoms with Crippen LogP contribution in [0.15, 0.2) is 0 Å². The summed E-state index contributed by atoms with van der Waals surface area (Å²) < 4.78 is 0. The van der Waals surface area contributed by atoms with E-state index in [1.807, 2.05) is 0 Å². The van der Waals surface area contributed by atoms with Crippen LogP contribution in [0.2, 0.25) is 0 Å². The summed E-state index contributed by atoms with van der Waals surface area (Å²) in [7, 11) is 0. The van der Waals surface area contributed by atoms with Gasteiger partial charge in [-0.25, -0.2) is 0 Å². The van der Waals surface area contributed by atoms with Gasteiger partial charge in [0.15, 0.2) is 0 Å². The van der Waals surface area contributed by atoms with Gasteiger partial charge in [0.2, 0.25) is 0 Å². The molecule has 0 aromatic rings. The lowest BCUT2D eigenvalue weighted by atomic mass is 10.2. The van der Waals surface area contributed by atoms with E-state index in [1.54, 1.807) is 19.6 Å².